The van der Waals surface area contributed by atoms with Crippen LogP contribution in [-0.4, -0.2) is 15.6 Å². The van der Waals surface area contributed by atoms with E-state index in [1.807, 2.05) is 42.8 Å². The van der Waals surface area contributed by atoms with E-state index in [9.17, 15) is 4.79 Å². The first-order valence-electron chi connectivity index (χ1n) is 6.36. The molecule has 5 nitrogen and oxygen atoms in total. The molecule has 1 aromatic carbocycles. The molecule has 0 bridgehead atoms. The van der Waals surface area contributed by atoms with E-state index in [0.717, 1.165) is 16.5 Å². The number of aromatic nitrogens is 2. The maximum Gasteiger partial charge on any atom is 0.273 e. The highest BCUT2D eigenvalue weighted by molar-refractivity contribution is 6.06. The quantitative estimate of drug-likeness (QED) is 0.777. The summed E-state index contributed by atoms with van der Waals surface area (Å²) in [5.41, 5.74) is 2.80. The number of hydrogen-bond acceptors (Lipinski definition) is 3. The highest BCUT2D eigenvalue weighted by atomic mass is 16.5. The molecule has 1 amide bonds. The van der Waals surface area contributed by atoms with Gasteiger partial charge in [0, 0.05) is 18.5 Å². The number of carbonyl (C=O) groups is 1. The van der Waals surface area contributed by atoms with Gasteiger partial charge in [-0.2, -0.15) is 0 Å². The molecule has 0 saturated heterocycles. The predicted octanol–water partition coefficient (Wildman–Crippen LogP) is 3.04. The largest absolute Gasteiger partial charge is 0.360 e. The molecule has 102 valence electrons. The van der Waals surface area contributed by atoms with Crippen LogP contribution in [0.1, 0.15) is 21.8 Å². The Morgan fingerprint density at radius 2 is 2.10 bits per heavy atom. The highest BCUT2D eigenvalue weighted by Crippen LogP contribution is 2.22. The maximum atomic E-state index is 12.3. The minimum atomic E-state index is -0.198. The number of hydrogen-bond donors (Lipinski definition) is 1. The lowest BCUT2D eigenvalue weighted by atomic mass is 10.2. The van der Waals surface area contributed by atoms with Crippen molar-refractivity contribution in [1.82, 2.24) is 9.72 Å². The third-order valence-corrected chi connectivity index (χ3v) is 3.36. The summed E-state index contributed by atoms with van der Waals surface area (Å²) in [6.07, 6.45) is 0. The number of rotatable bonds is 2. The van der Waals surface area contributed by atoms with Gasteiger partial charge in [-0.25, -0.2) is 0 Å². The topological polar surface area (TPSA) is 60.1 Å². The lowest BCUT2D eigenvalue weighted by Gasteiger charge is -2.05. The fraction of sp³-hybridized carbons (Fsp3) is 0.200. The second-order valence-electron chi connectivity index (χ2n) is 4.88. The summed E-state index contributed by atoms with van der Waals surface area (Å²) < 4.78 is 6.83. The zero-order valence-electron chi connectivity index (χ0n) is 11.6. The lowest BCUT2D eigenvalue weighted by molar-refractivity contribution is 0.101. The molecule has 3 aromatic rings. The van der Waals surface area contributed by atoms with Gasteiger partial charge in [0.05, 0.1) is 5.52 Å². The number of fused-ring (bicyclic) bond motifs is 1. The van der Waals surface area contributed by atoms with Gasteiger partial charge in [-0.15, -0.1) is 0 Å². The van der Waals surface area contributed by atoms with E-state index in [1.165, 1.54) is 0 Å². The fourth-order valence-electron chi connectivity index (χ4n) is 2.44. The molecule has 0 saturated carbocycles. The number of aryl methyl sites for hydroxylation is 3. The first kappa shape index (κ1) is 12.5. The van der Waals surface area contributed by atoms with Crippen molar-refractivity contribution in [2.75, 3.05) is 5.32 Å². The fourth-order valence-corrected chi connectivity index (χ4v) is 2.44. The zero-order valence-corrected chi connectivity index (χ0v) is 11.6. The molecule has 0 spiro atoms. The van der Waals surface area contributed by atoms with Crippen molar-refractivity contribution in [1.29, 1.82) is 0 Å². The van der Waals surface area contributed by atoms with E-state index in [-0.39, 0.29) is 5.91 Å². The van der Waals surface area contributed by atoms with E-state index in [2.05, 4.69) is 10.5 Å². The van der Waals surface area contributed by atoms with Crippen molar-refractivity contribution < 1.29 is 9.32 Å². The Bertz CT molecular complexity index is 799. The normalized spacial score (nSPS) is 10.9. The summed E-state index contributed by atoms with van der Waals surface area (Å²) in [6, 6.07) is 9.58. The number of carbonyl (C=O) groups excluding carboxylic acids is 1. The maximum absolute atomic E-state index is 12.3. The molecule has 0 aliphatic rings. The van der Waals surface area contributed by atoms with Gasteiger partial charge in [0.25, 0.3) is 5.91 Å². The van der Waals surface area contributed by atoms with Crippen LogP contribution in [0, 0.1) is 13.8 Å². The minimum absolute atomic E-state index is 0.198. The summed E-state index contributed by atoms with van der Waals surface area (Å²) in [6.45, 7) is 3.81. The Morgan fingerprint density at radius 1 is 1.30 bits per heavy atom. The predicted molar refractivity (Wildman–Crippen MR) is 76.8 cm³/mol. The van der Waals surface area contributed by atoms with Crippen LogP contribution in [0.4, 0.5) is 5.82 Å². The minimum Gasteiger partial charge on any atom is -0.360 e. The van der Waals surface area contributed by atoms with Gasteiger partial charge in [-0.05, 0) is 25.5 Å². The number of nitrogens with zero attached hydrogens (tertiary/aromatic N) is 2. The molecule has 5 heteroatoms. The third kappa shape index (κ3) is 1.97. The second kappa shape index (κ2) is 4.52. The van der Waals surface area contributed by atoms with Gasteiger partial charge in [0.1, 0.15) is 11.5 Å². The Kier molecular flexibility index (Phi) is 2.82. The van der Waals surface area contributed by atoms with Gasteiger partial charge >= 0.3 is 0 Å². The Hall–Kier alpha value is -2.56. The monoisotopic (exact) mass is 269 g/mol. The van der Waals surface area contributed by atoms with Gasteiger partial charge in [-0.1, -0.05) is 23.4 Å². The smallest absolute Gasteiger partial charge is 0.273 e. The van der Waals surface area contributed by atoms with Crippen molar-refractivity contribution in [3.8, 4) is 0 Å². The number of anilines is 1. The van der Waals surface area contributed by atoms with Crippen LogP contribution >= 0.6 is 0 Å². The Labute approximate surface area is 116 Å². The lowest BCUT2D eigenvalue weighted by Crippen LogP contribution is -2.15. The molecule has 0 radical (unpaired) electrons. The highest BCUT2D eigenvalue weighted by Gasteiger charge is 2.15. The Balaban J connectivity index is 1.99. The number of benzene rings is 1. The molecular formula is C15H15N3O2. The van der Waals surface area contributed by atoms with E-state index in [1.54, 1.807) is 13.0 Å². The van der Waals surface area contributed by atoms with Crippen LogP contribution in [0.2, 0.25) is 0 Å². The molecule has 2 heterocycles. The SMILES string of the molecule is Cc1cc(NC(=O)c2cc3cccc(C)c3n2C)no1. The van der Waals surface area contributed by atoms with Crippen molar-refractivity contribution in [3.63, 3.8) is 0 Å². The standard InChI is InChI=1S/C15H15N3O2/c1-9-5-4-6-11-8-12(18(3)14(9)11)15(19)16-13-7-10(2)20-17-13/h4-8H,1-3H3,(H,16,17,19). The first-order valence-corrected chi connectivity index (χ1v) is 6.36. The van der Waals surface area contributed by atoms with E-state index >= 15 is 0 Å². The molecule has 0 aliphatic heterocycles. The molecule has 0 unspecified atom stereocenters. The Morgan fingerprint density at radius 3 is 2.75 bits per heavy atom. The summed E-state index contributed by atoms with van der Waals surface area (Å²) in [5.74, 6) is 0.888. The average molecular weight is 269 g/mol. The van der Waals surface area contributed by atoms with E-state index < -0.39 is 0 Å². The molecule has 0 fully saturated rings. The summed E-state index contributed by atoms with van der Waals surface area (Å²) in [7, 11) is 1.89. The van der Waals surface area contributed by atoms with Crippen LogP contribution in [-0.2, 0) is 7.05 Å². The van der Waals surface area contributed by atoms with Gasteiger partial charge in [0.15, 0.2) is 5.82 Å². The number of para-hydroxylation sites is 1. The van der Waals surface area contributed by atoms with Crippen molar-refractivity contribution in [2.24, 2.45) is 7.05 Å². The molecule has 0 atom stereocenters. The van der Waals surface area contributed by atoms with Crippen molar-refractivity contribution >= 4 is 22.6 Å². The average Bonchev–Trinajstić information content (AvgIpc) is 2.95. The van der Waals surface area contributed by atoms with Crippen molar-refractivity contribution in [3.05, 3.63) is 47.3 Å². The first-order chi connectivity index (χ1) is 9.56. The zero-order chi connectivity index (χ0) is 14.3. The molecular weight excluding hydrogens is 254 g/mol. The number of nitrogens with one attached hydrogen (secondary N) is 1. The van der Waals surface area contributed by atoms with Crippen LogP contribution in [0.25, 0.3) is 10.9 Å². The summed E-state index contributed by atoms with van der Waals surface area (Å²) in [5, 5.41) is 7.55. The second-order valence-corrected chi connectivity index (χ2v) is 4.88. The van der Waals surface area contributed by atoms with E-state index in [4.69, 9.17) is 4.52 Å². The molecule has 0 aliphatic carbocycles. The van der Waals surface area contributed by atoms with Crippen LogP contribution < -0.4 is 5.32 Å². The third-order valence-electron chi connectivity index (χ3n) is 3.36. The van der Waals surface area contributed by atoms with Gasteiger partial charge in [0.2, 0.25) is 0 Å². The number of amides is 1. The van der Waals surface area contributed by atoms with Crippen LogP contribution in [0.3, 0.4) is 0 Å². The van der Waals surface area contributed by atoms with Crippen molar-refractivity contribution in [2.45, 2.75) is 13.8 Å². The summed E-state index contributed by atoms with van der Waals surface area (Å²) in [4.78, 5) is 12.3. The molecule has 1 N–H and O–H groups in total. The molecule has 2 aromatic heterocycles. The van der Waals surface area contributed by atoms with Gasteiger partial charge in [-0.3, -0.25) is 4.79 Å². The molecule has 20 heavy (non-hydrogen) atoms. The molecule has 3 rings (SSSR count). The van der Waals surface area contributed by atoms with Gasteiger partial charge < -0.3 is 14.4 Å². The van der Waals surface area contributed by atoms with Crippen LogP contribution in [0.15, 0.2) is 34.9 Å². The van der Waals surface area contributed by atoms with Crippen LogP contribution in [0.5, 0.6) is 0 Å². The van der Waals surface area contributed by atoms with E-state index in [0.29, 0.717) is 17.3 Å². The summed E-state index contributed by atoms with van der Waals surface area (Å²) >= 11 is 0.